The SMILES string of the molecule is O=C(OCCCCl)n1ccnc1. The van der Waals surface area contributed by atoms with Crippen LogP contribution in [0.15, 0.2) is 18.7 Å². The average molecular weight is 189 g/mol. The highest BCUT2D eigenvalue weighted by Gasteiger charge is 2.02. The zero-order valence-corrected chi connectivity index (χ0v) is 7.20. The van der Waals surface area contributed by atoms with Gasteiger partial charge in [-0.3, -0.25) is 0 Å². The highest BCUT2D eigenvalue weighted by atomic mass is 35.5. The van der Waals surface area contributed by atoms with Crippen LogP contribution in [0.1, 0.15) is 6.42 Å². The number of hydrogen-bond acceptors (Lipinski definition) is 3. The normalized spacial score (nSPS) is 9.75. The van der Waals surface area contributed by atoms with Crippen LogP contribution in [-0.4, -0.2) is 28.1 Å². The van der Waals surface area contributed by atoms with Crippen LogP contribution in [-0.2, 0) is 4.74 Å². The number of imidazole rings is 1. The Morgan fingerprint density at radius 2 is 2.50 bits per heavy atom. The second kappa shape index (κ2) is 4.77. The Morgan fingerprint density at radius 1 is 1.67 bits per heavy atom. The van der Waals surface area contributed by atoms with Gasteiger partial charge >= 0.3 is 6.09 Å². The zero-order valence-electron chi connectivity index (χ0n) is 6.44. The van der Waals surface area contributed by atoms with Crippen molar-refractivity contribution in [1.29, 1.82) is 0 Å². The van der Waals surface area contributed by atoms with E-state index in [0.29, 0.717) is 18.9 Å². The molecule has 0 fully saturated rings. The molecule has 1 aromatic rings. The van der Waals surface area contributed by atoms with Crippen molar-refractivity contribution < 1.29 is 9.53 Å². The van der Waals surface area contributed by atoms with E-state index in [9.17, 15) is 4.79 Å². The van der Waals surface area contributed by atoms with Gasteiger partial charge in [0, 0.05) is 18.3 Å². The lowest BCUT2D eigenvalue weighted by Gasteiger charge is -2.01. The van der Waals surface area contributed by atoms with Gasteiger partial charge in [-0.2, -0.15) is 0 Å². The van der Waals surface area contributed by atoms with Crippen LogP contribution in [0.25, 0.3) is 0 Å². The van der Waals surface area contributed by atoms with Crippen molar-refractivity contribution in [3.63, 3.8) is 0 Å². The molecule has 0 atom stereocenters. The highest BCUT2D eigenvalue weighted by Crippen LogP contribution is 1.92. The van der Waals surface area contributed by atoms with E-state index < -0.39 is 6.09 Å². The zero-order chi connectivity index (χ0) is 8.81. The fourth-order valence-corrected chi connectivity index (χ4v) is 0.765. The fraction of sp³-hybridized carbons (Fsp3) is 0.429. The molecule has 0 aliphatic carbocycles. The maximum Gasteiger partial charge on any atom is 0.419 e. The van der Waals surface area contributed by atoms with Crippen molar-refractivity contribution in [2.75, 3.05) is 12.5 Å². The Morgan fingerprint density at radius 3 is 3.08 bits per heavy atom. The fourth-order valence-electron chi connectivity index (χ4n) is 0.656. The highest BCUT2D eigenvalue weighted by molar-refractivity contribution is 6.17. The van der Waals surface area contributed by atoms with Crippen molar-refractivity contribution in [3.05, 3.63) is 18.7 Å². The first kappa shape index (κ1) is 9.06. The first-order chi connectivity index (χ1) is 5.84. The predicted octanol–water partition coefficient (Wildman–Crippen LogP) is 1.50. The van der Waals surface area contributed by atoms with Gasteiger partial charge in [-0.25, -0.2) is 14.3 Å². The van der Waals surface area contributed by atoms with E-state index in [-0.39, 0.29) is 0 Å². The van der Waals surface area contributed by atoms with Crippen molar-refractivity contribution in [2.45, 2.75) is 6.42 Å². The summed E-state index contributed by atoms with van der Waals surface area (Å²) in [6.45, 7) is 0.348. The van der Waals surface area contributed by atoms with Crippen LogP contribution in [0, 0.1) is 0 Å². The van der Waals surface area contributed by atoms with E-state index >= 15 is 0 Å². The summed E-state index contributed by atoms with van der Waals surface area (Å²) >= 11 is 5.40. The molecule has 0 saturated carbocycles. The van der Waals surface area contributed by atoms with E-state index in [1.165, 1.54) is 23.3 Å². The molecule has 0 aromatic carbocycles. The lowest BCUT2D eigenvalue weighted by molar-refractivity contribution is 0.148. The molecular weight excluding hydrogens is 180 g/mol. The Balaban J connectivity index is 2.30. The minimum Gasteiger partial charge on any atom is -0.449 e. The molecule has 66 valence electrons. The quantitative estimate of drug-likeness (QED) is 0.533. The molecule has 5 heteroatoms. The van der Waals surface area contributed by atoms with Crippen LogP contribution in [0.4, 0.5) is 4.79 Å². The van der Waals surface area contributed by atoms with E-state index in [2.05, 4.69) is 4.98 Å². The molecule has 0 unspecified atom stereocenters. The number of rotatable bonds is 3. The minimum atomic E-state index is -0.419. The van der Waals surface area contributed by atoms with Gasteiger partial charge in [0.25, 0.3) is 0 Å². The molecule has 0 aliphatic rings. The molecule has 0 amide bonds. The molecule has 0 N–H and O–H groups in total. The van der Waals surface area contributed by atoms with Gasteiger partial charge in [-0.1, -0.05) is 0 Å². The van der Waals surface area contributed by atoms with E-state index in [0.717, 1.165) is 0 Å². The summed E-state index contributed by atoms with van der Waals surface area (Å²) in [5.74, 6) is 0.497. The summed E-state index contributed by atoms with van der Waals surface area (Å²) < 4.78 is 6.10. The van der Waals surface area contributed by atoms with Crippen LogP contribution in [0.2, 0.25) is 0 Å². The molecule has 1 aromatic heterocycles. The molecule has 0 bridgehead atoms. The molecule has 0 aliphatic heterocycles. The molecule has 4 nitrogen and oxygen atoms in total. The smallest absolute Gasteiger partial charge is 0.419 e. The summed E-state index contributed by atoms with van der Waals surface area (Å²) in [7, 11) is 0. The number of nitrogens with zero attached hydrogens (tertiary/aromatic N) is 2. The van der Waals surface area contributed by atoms with Gasteiger partial charge < -0.3 is 4.74 Å². The molecule has 0 radical (unpaired) electrons. The summed E-state index contributed by atoms with van der Waals surface area (Å²) in [4.78, 5) is 14.7. The van der Waals surface area contributed by atoms with E-state index in [1.54, 1.807) is 0 Å². The monoisotopic (exact) mass is 188 g/mol. The number of carbonyl (C=O) groups is 1. The van der Waals surface area contributed by atoms with Gasteiger partial charge in [0.1, 0.15) is 6.33 Å². The van der Waals surface area contributed by atoms with Gasteiger partial charge in [0.15, 0.2) is 0 Å². The number of alkyl halides is 1. The van der Waals surface area contributed by atoms with Crippen LogP contribution in [0.5, 0.6) is 0 Å². The van der Waals surface area contributed by atoms with Crippen molar-refractivity contribution >= 4 is 17.7 Å². The summed E-state index contributed by atoms with van der Waals surface area (Å²) in [5.41, 5.74) is 0. The largest absolute Gasteiger partial charge is 0.449 e. The van der Waals surface area contributed by atoms with Gasteiger partial charge in [-0.05, 0) is 6.42 Å². The predicted molar refractivity (Wildman–Crippen MR) is 44.3 cm³/mol. The van der Waals surface area contributed by atoms with Crippen LogP contribution < -0.4 is 0 Å². The molecule has 0 spiro atoms. The maximum atomic E-state index is 11.0. The summed E-state index contributed by atoms with van der Waals surface area (Å²) in [6.07, 6.45) is 4.69. The first-order valence-corrected chi connectivity index (χ1v) is 4.09. The molecule has 1 heterocycles. The Hall–Kier alpha value is -1.03. The third-order valence-electron chi connectivity index (χ3n) is 1.22. The Labute approximate surface area is 75.1 Å². The van der Waals surface area contributed by atoms with Crippen molar-refractivity contribution in [2.24, 2.45) is 0 Å². The van der Waals surface area contributed by atoms with Gasteiger partial charge in [0.2, 0.25) is 0 Å². The third-order valence-corrected chi connectivity index (χ3v) is 1.49. The lowest BCUT2D eigenvalue weighted by Crippen LogP contribution is -2.12. The van der Waals surface area contributed by atoms with E-state index in [4.69, 9.17) is 16.3 Å². The Kier molecular flexibility index (Phi) is 3.60. The lowest BCUT2D eigenvalue weighted by atomic mass is 10.5. The molecule has 0 saturated heterocycles. The molecule has 12 heavy (non-hydrogen) atoms. The topological polar surface area (TPSA) is 44.1 Å². The van der Waals surface area contributed by atoms with Gasteiger partial charge in [-0.15, -0.1) is 11.6 Å². The minimum absolute atomic E-state index is 0.348. The number of halogens is 1. The maximum absolute atomic E-state index is 11.0. The van der Waals surface area contributed by atoms with E-state index in [1.807, 2.05) is 0 Å². The second-order valence-corrected chi connectivity index (χ2v) is 2.50. The average Bonchev–Trinajstić information content (AvgIpc) is 2.56. The van der Waals surface area contributed by atoms with Crippen molar-refractivity contribution in [3.8, 4) is 0 Å². The number of aromatic nitrogens is 2. The van der Waals surface area contributed by atoms with Gasteiger partial charge in [0.05, 0.1) is 6.61 Å². The van der Waals surface area contributed by atoms with Crippen LogP contribution in [0.3, 0.4) is 0 Å². The van der Waals surface area contributed by atoms with Crippen molar-refractivity contribution in [1.82, 2.24) is 9.55 Å². The number of hydrogen-bond donors (Lipinski definition) is 0. The van der Waals surface area contributed by atoms with Crippen LogP contribution >= 0.6 is 11.6 Å². The first-order valence-electron chi connectivity index (χ1n) is 3.55. The number of ether oxygens (including phenoxy) is 1. The summed E-state index contributed by atoms with van der Waals surface area (Å²) in [5, 5.41) is 0. The number of carbonyl (C=O) groups excluding carboxylic acids is 1. The third kappa shape index (κ3) is 2.54. The second-order valence-electron chi connectivity index (χ2n) is 2.13. The standard InChI is InChI=1S/C7H9ClN2O2/c8-2-1-5-12-7(11)10-4-3-9-6-10/h3-4,6H,1-2,5H2. The molecule has 1 rings (SSSR count). The molecular formula is C7H9ClN2O2. The summed E-state index contributed by atoms with van der Waals surface area (Å²) in [6, 6.07) is 0. The Bertz CT molecular complexity index is 236.